The Morgan fingerprint density at radius 2 is 1.29 bits per heavy atom. The van der Waals surface area contributed by atoms with Crippen LogP contribution in [0.5, 0.6) is 0 Å². The first-order valence-electron chi connectivity index (χ1n) is 10.0. The summed E-state index contributed by atoms with van der Waals surface area (Å²) in [5, 5.41) is 15.2. The molecule has 1 saturated heterocycles. The van der Waals surface area contributed by atoms with Gasteiger partial charge in [-0.15, -0.1) is 0 Å². The molecule has 1 aliphatic rings. The Kier molecular flexibility index (Phi) is 6.21. The molecular weight excluding hydrogens is 466 g/mol. The molecule has 1 atom stereocenters. The average Bonchev–Trinajstić information content (AvgIpc) is 3.19. The second-order valence-electron chi connectivity index (χ2n) is 7.58. The maximum absolute atomic E-state index is 13.0. The molecule has 0 unspecified atom stereocenters. The van der Waals surface area contributed by atoms with Crippen molar-refractivity contribution in [3.8, 4) is 0 Å². The highest BCUT2D eigenvalue weighted by Gasteiger charge is 2.31. The van der Waals surface area contributed by atoms with Gasteiger partial charge in [0.15, 0.2) is 0 Å². The summed E-state index contributed by atoms with van der Waals surface area (Å²) in [6.45, 7) is 0.632. The zero-order chi connectivity index (χ0) is 24.5. The van der Waals surface area contributed by atoms with Crippen LogP contribution in [0, 0.1) is 0 Å². The normalized spacial score (nSPS) is 16.6. The SMILES string of the molecule is O[C@@H]1CCN(c2nc(Nc3cccc(C(F)(F)F)c3)nc(Nc3cccc(C(F)(F)F)c3)n2)C1. The molecule has 1 aromatic heterocycles. The minimum atomic E-state index is -4.55. The summed E-state index contributed by atoms with van der Waals surface area (Å²) in [6, 6.07) is 8.78. The Labute approximate surface area is 189 Å². The van der Waals surface area contributed by atoms with E-state index in [1.165, 1.54) is 24.3 Å². The Morgan fingerprint density at radius 1 is 0.794 bits per heavy atom. The maximum atomic E-state index is 13.0. The summed E-state index contributed by atoms with van der Waals surface area (Å²) in [5.74, 6) is -0.143. The van der Waals surface area contributed by atoms with E-state index in [9.17, 15) is 31.4 Å². The number of hydrogen-bond acceptors (Lipinski definition) is 7. The third kappa shape index (κ3) is 5.65. The van der Waals surface area contributed by atoms with E-state index in [4.69, 9.17) is 0 Å². The topological polar surface area (TPSA) is 86.2 Å². The molecule has 180 valence electrons. The van der Waals surface area contributed by atoms with Gasteiger partial charge in [-0.3, -0.25) is 0 Å². The van der Waals surface area contributed by atoms with E-state index in [-0.39, 0.29) is 35.8 Å². The molecule has 3 aromatic rings. The van der Waals surface area contributed by atoms with Gasteiger partial charge in [0.25, 0.3) is 0 Å². The smallest absolute Gasteiger partial charge is 0.391 e. The van der Waals surface area contributed by atoms with Gasteiger partial charge < -0.3 is 20.6 Å². The van der Waals surface area contributed by atoms with Crippen molar-refractivity contribution in [2.24, 2.45) is 0 Å². The Morgan fingerprint density at radius 3 is 1.71 bits per heavy atom. The molecule has 0 radical (unpaired) electrons. The summed E-state index contributed by atoms with van der Waals surface area (Å²) in [7, 11) is 0. The minimum absolute atomic E-state index is 0.0541. The van der Waals surface area contributed by atoms with Crippen LogP contribution in [0.1, 0.15) is 17.5 Å². The van der Waals surface area contributed by atoms with E-state index in [1.807, 2.05) is 0 Å². The average molecular weight is 484 g/mol. The third-order valence-corrected chi connectivity index (χ3v) is 4.96. The Bertz CT molecular complexity index is 1090. The van der Waals surface area contributed by atoms with Crippen LogP contribution in [0.4, 0.5) is 55.6 Å². The van der Waals surface area contributed by atoms with Crippen LogP contribution in [-0.2, 0) is 12.4 Å². The number of anilines is 5. The molecule has 34 heavy (non-hydrogen) atoms. The predicted octanol–water partition coefficient (Wildman–Crippen LogP) is 4.97. The first kappa shape index (κ1) is 23.5. The van der Waals surface area contributed by atoms with Gasteiger partial charge in [0.05, 0.1) is 17.2 Å². The van der Waals surface area contributed by atoms with Crippen molar-refractivity contribution in [2.45, 2.75) is 24.9 Å². The molecule has 0 aliphatic carbocycles. The predicted molar refractivity (Wildman–Crippen MR) is 112 cm³/mol. The number of aliphatic hydroxyl groups excluding tert-OH is 1. The number of β-amino-alcohol motifs (C(OH)–C–C–N with tert-alkyl or cyclic N) is 1. The highest BCUT2D eigenvalue weighted by Crippen LogP contribution is 2.33. The van der Waals surface area contributed by atoms with E-state index >= 15 is 0 Å². The van der Waals surface area contributed by atoms with Crippen LogP contribution in [0.2, 0.25) is 0 Å². The van der Waals surface area contributed by atoms with E-state index < -0.39 is 29.6 Å². The van der Waals surface area contributed by atoms with Crippen molar-refractivity contribution in [3.63, 3.8) is 0 Å². The monoisotopic (exact) mass is 484 g/mol. The van der Waals surface area contributed by atoms with E-state index in [0.29, 0.717) is 13.0 Å². The number of aliphatic hydroxyl groups is 1. The molecule has 3 N–H and O–H groups in total. The number of hydrogen-bond donors (Lipinski definition) is 3. The molecule has 1 fully saturated rings. The first-order chi connectivity index (χ1) is 16.0. The van der Waals surface area contributed by atoms with Crippen molar-refractivity contribution in [1.29, 1.82) is 0 Å². The summed E-state index contributed by atoms with van der Waals surface area (Å²) >= 11 is 0. The number of alkyl halides is 6. The molecule has 7 nitrogen and oxygen atoms in total. The van der Waals surface area contributed by atoms with E-state index in [0.717, 1.165) is 24.3 Å². The summed E-state index contributed by atoms with van der Waals surface area (Å²) in [5.41, 5.74) is -1.65. The quantitative estimate of drug-likeness (QED) is 0.441. The summed E-state index contributed by atoms with van der Waals surface area (Å²) < 4.78 is 78.3. The van der Waals surface area contributed by atoms with Gasteiger partial charge in [0.2, 0.25) is 17.8 Å². The van der Waals surface area contributed by atoms with E-state index in [1.54, 1.807) is 4.90 Å². The molecule has 4 rings (SSSR count). The van der Waals surface area contributed by atoms with Gasteiger partial charge in [0.1, 0.15) is 0 Å². The molecule has 0 spiro atoms. The van der Waals surface area contributed by atoms with Crippen LogP contribution in [0.25, 0.3) is 0 Å². The number of nitrogens with one attached hydrogen (secondary N) is 2. The van der Waals surface area contributed by atoms with Gasteiger partial charge in [0, 0.05) is 24.5 Å². The van der Waals surface area contributed by atoms with Crippen LogP contribution < -0.4 is 15.5 Å². The number of nitrogens with zero attached hydrogens (tertiary/aromatic N) is 4. The zero-order valence-electron chi connectivity index (χ0n) is 17.3. The zero-order valence-corrected chi connectivity index (χ0v) is 17.3. The highest BCUT2D eigenvalue weighted by atomic mass is 19.4. The Balaban J connectivity index is 1.66. The lowest BCUT2D eigenvalue weighted by atomic mass is 10.2. The molecule has 0 saturated carbocycles. The van der Waals surface area contributed by atoms with Crippen molar-refractivity contribution < 1.29 is 31.4 Å². The molecule has 0 amide bonds. The van der Waals surface area contributed by atoms with Crippen LogP contribution in [-0.4, -0.2) is 39.3 Å². The van der Waals surface area contributed by atoms with E-state index in [2.05, 4.69) is 25.6 Å². The number of aromatic nitrogens is 3. The van der Waals surface area contributed by atoms with Crippen LogP contribution in [0.15, 0.2) is 48.5 Å². The fraction of sp³-hybridized carbons (Fsp3) is 0.286. The lowest BCUT2D eigenvalue weighted by molar-refractivity contribution is -0.138. The molecule has 2 heterocycles. The fourth-order valence-corrected chi connectivity index (χ4v) is 3.35. The second kappa shape index (κ2) is 8.97. The molecule has 2 aromatic carbocycles. The lowest BCUT2D eigenvalue weighted by Crippen LogP contribution is -2.24. The fourth-order valence-electron chi connectivity index (χ4n) is 3.35. The van der Waals surface area contributed by atoms with Crippen molar-refractivity contribution in [1.82, 2.24) is 15.0 Å². The second-order valence-corrected chi connectivity index (χ2v) is 7.58. The van der Waals surface area contributed by atoms with Gasteiger partial charge in [-0.1, -0.05) is 12.1 Å². The first-order valence-corrected chi connectivity index (χ1v) is 10.0. The number of rotatable bonds is 5. The molecule has 13 heteroatoms. The van der Waals surface area contributed by atoms with Gasteiger partial charge in [-0.2, -0.15) is 41.3 Å². The molecule has 1 aliphatic heterocycles. The lowest BCUT2D eigenvalue weighted by Gasteiger charge is -2.18. The molecule has 0 bridgehead atoms. The van der Waals surface area contributed by atoms with Gasteiger partial charge in [-0.05, 0) is 42.8 Å². The largest absolute Gasteiger partial charge is 0.416 e. The van der Waals surface area contributed by atoms with Crippen LogP contribution >= 0.6 is 0 Å². The van der Waals surface area contributed by atoms with Crippen molar-refractivity contribution in [2.75, 3.05) is 28.6 Å². The summed E-state index contributed by atoms with van der Waals surface area (Å²) in [4.78, 5) is 14.2. The number of benzene rings is 2. The number of halogens is 6. The standard InChI is InChI=1S/C21H18F6N6O/c22-20(23,24)12-3-1-5-14(9-12)28-17-30-18(32-19(31-17)33-8-7-16(34)11-33)29-15-6-2-4-13(10-15)21(25,26)27/h1-6,9-10,16,34H,7-8,11H2,(H2,28,29,30,31,32)/t16-/m1/s1. The van der Waals surface area contributed by atoms with Crippen molar-refractivity contribution >= 4 is 29.2 Å². The molecular formula is C21H18F6N6O. The Hall–Kier alpha value is -3.61. The summed E-state index contributed by atoms with van der Waals surface area (Å²) in [6.07, 6.45) is -9.26. The maximum Gasteiger partial charge on any atom is 0.416 e. The minimum Gasteiger partial charge on any atom is -0.391 e. The van der Waals surface area contributed by atoms with Crippen molar-refractivity contribution in [3.05, 3.63) is 59.7 Å². The van der Waals surface area contributed by atoms with Gasteiger partial charge >= 0.3 is 12.4 Å². The van der Waals surface area contributed by atoms with Gasteiger partial charge in [-0.25, -0.2) is 0 Å². The highest BCUT2D eigenvalue weighted by molar-refractivity contribution is 5.60. The van der Waals surface area contributed by atoms with Crippen LogP contribution in [0.3, 0.4) is 0 Å². The third-order valence-electron chi connectivity index (χ3n) is 4.96.